The molecule has 0 atom stereocenters. The van der Waals surface area contributed by atoms with Gasteiger partial charge in [0.1, 0.15) is 18.0 Å². The third-order valence-electron chi connectivity index (χ3n) is 1.00. The standard InChI is InChI=1S/C6H3N5/c7-1-4-5(2-8)11-6(9)3-10-4/h3H,(H2,9,11). The minimum atomic E-state index is -0.0347. The second kappa shape index (κ2) is 2.63. The lowest BCUT2D eigenvalue weighted by molar-refractivity contribution is 1.14. The first-order valence-corrected chi connectivity index (χ1v) is 2.70. The normalized spacial score (nSPS) is 8.18. The van der Waals surface area contributed by atoms with Crippen molar-refractivity contribution in [3.05, 3.63) is 17.6 Å². The van der Waals surface area contributed by atoms with Crippen molar-refractivity contribution in [1.29, 1.82) is 10.5 Å². The molecule has 0 saturated heterocycles. The van der Waals surface area contributed by atoms with E-state index in [1.54, 1.807) is 12.1 Å². The Morgan fingerprint density at radius 2 is 1.91 bits per heavy atom. The van der Waals surface area contributed by atoms with Gasteiger partial charge >= 0.3 is 0 Å². The summed E-state index contributed by atoms with van der Waals surface area (Å²) < 4.78 is 0. The van der Waals surface area contributed by atoms with Gasteiger partial charge in [0.15, 0.2) is 11.4 Å². The molecular weight excluding hydrogens is 142 g/mol. The quantitative estimate of drug-likeness (QED) is 0.545. The Kier molecular flexibility index (Phi) is 1.67. The van der Waals surface area contributed by atoms with Crippen LogP contribution in [-0.4, -0.2) is 9.97 Å². The molecule has 0 fully saturated rings. The molecule has 1 rings (SSSR count). The molecule has 0 spiro atoms. The van der Waals surface area contributed by atoms with Gasteiger partial charge in [0.05, 0.1) is 6.20 Å². The summed E-state index contributed by atoms with van der Waals surface area (Å²) >= 11 is 0. The van der Waals surface area contributed by atoms with Crippen molar-refractivity contribution in [2.75, 3.05) is 5.73 Å². The third kappa shape index (κ3) is 1.22. The molecule has 1 heterocycles. The minimum absolute atomic E-state index is 0.00157. The molecule has 0 saturated carbocycles. The molecule has 1 aromatic heterocycles. The number of nitrogens with zero attached hydrogens (tertiary/aromatic N) is 4. The number of nitrogen functional groups attached to an aromatic ring is 1. The van der Waals surface area contributed by atoms with Gasteiger partial charge in [0, 0.05) is 0 Å². The first-order valence-electron chi connectivity index (χ1n) is 2.70. The molecule has 2 N–H and O–H groups in total. The van der Waals surface area contributed by atoms with Gasteiger partial charge in [0.2, 0.25) is 0 Å². The maximum absolute atomic E-state index is 8.41. The summed E-state index contributed by atoms with van der Waals surface area (Å²) in [6.07, 6.45) is 1.24. The molecule has 0 aromatic carbocycles. The van der Waals surface area contributed by atoms with Crippen LogP contribution in [0.25, 0.3) is 0 Å². The molecule has 0 aliphatic carbocycles. The second-order valence-electron chi connectivity index (χ2n) is 1.72. The van der Waals surface area contributed by atoms with E-state index >= 15 is 0 Å². The average Bonchev–Trinajstić information content (AvgIpc) is 2.04. The van der Waals surface area contributed by atoms with E-state index in [1.165, 1.54) is 6.20 Å². The fraction of sp³-hybridized carbons (Fsp3) is 0. The molecule has 5 nitrogen and oxygen atoms in total. The van der Waals surface area contributed by atoms with Gasteiger partial charge in [0.25, 0.3) is 0 Å². The van der Waals surface area contributed by atoms with Gasteiger partial charge in [-0.2, -0.15) is 10.5 Å². The fourth-order valence-corrected chi connectivity index (χ4v) is 0.563. The minimum Gasteiger partial charge on any atom is -0.382 e. The molecule has 0 unspecified atom stereocenters. The van der Waals surface area contributed by atoms with Crippen molar-refractivity contribution in [3.63, 3.8) is 0 Å². The number of hydrogen-bond donors (Lipinski definition) is 1. The van der Waals surface area contributed by atoms with E-state index in [4.69, 9.17) is 16.3 Å². The van der Waals surface area contributed by atoms with E-state index in [0.717, 1.165) is 0 Å². The maximum atomic E-state index is 8.41. The number of aromatic nitrogens is 2. The van der Waals surface area contributed by atoms with E-state index in [1.807, 2.05) is 0 Å². The molecule has 0 radical (unpaired) electrons. The summed E-state index contributed by atoms with van der Waals surface area (Å²) in [6.45, 7) is 0. The van der Waals surface area contributed by atoms with E-state index in [9.17, 15) is 0 Å². The third-order valence-corrected chi connectivity index (χ3v) is 1.00. The Morgan fingerprint density at radius 3 is 2.45 bits per heavy atom. The zero-order chi connectivity index (χ0) is 8.27. The van der Waals surface area contributed by atoms with E-state index in [0.29, 0.717) is 0 Å². The zero-order valence-electron chi connectivity index (χ0n) is 5.44. The molecule has 0 aliphatic rings. The Labute approximate surface area is 62.7 Å². The summed E-state index contributed by atoms with van der Waals surface area (Å²) in [4.78, 5) is 7.19. The molecule has 52 valence electrons. The van der Waals surface area contributed by atoms with Gasteiger partial charge < -0.3 is 5.73 Å². The summed E-state index contributed by atoms with van der Waals surface area (Å²) in [7, 11) is 0. The smallest absolute Gasteiger partial charge is 0.179 e. The number of nitrogens with two attached hydrogens (primary N) is 1. The van der Waals surface area contributed by atoms with Gasteiger partial charge in [-0.25, -0.2) is 9.97 Å². The molecular formula is C6H3N5. The van der Waals surface area contributed by atoms with Crippen LogP contribution in [0.5, 0.6) is 0 Å². The fourth-order valence-electron chi connectivity index (χ4n) is 0.563. The van der Waals surface area contributed by atoms with Crippen LogP contribution in [0, 0.1) is 22.7 Å². The molecule has 11 heavy (non-hydrogen) atoms. The lowest BCUT2D eigenvalue weighted by atomic mass is 10.3. The van der Waals surface area contributed by atoms with Crippen molar-refractivity contribution in [2.45, 2.75) is 0 Å². The van der Waals surface area contributed by atoms with Crippen LogP contribution in [-0.2, 0) is 0 Å². The number of anilines is 1. The zero-order valence-corrected chi connectivity index (χ0v) is 5.44. The highest BCUT2D eigenvalue weighted by Gasteiger charge is 2.03. The van der Waals surface area contributed by atoms with Crippen LogP contribution < -0.4 is 5.73 Å². The highest BCUT2D eigenvalue weighted by molar-refractivity contribution is 5.39. The van der Waals surface area contributed by atoms with Crippen molar-refractivity contribution >= 4 is 5.82 Å². The topological polar surface area (TPSA) is 99.4 Å². The van der Waals surface area contributed by atoms with Crippen molar-refractivity contribution in [3.8, 4) is 12.1 Å². The molecule has 0 bridgehead atoms. The summed E-state index contributed by atoms with van der Waals surface area (Å²) in [6, 6.07) is 3.43. The molecule has 0 aliphatic heterocycles. The Morgan fingerprint density at radius 1 is 1.27 bits per heavy atom. The van der Waals surface area contributed by atoms with E-state index < -0.39 is 0 Å². The van der Waals surface area contributed by atoms with Crippen LogP contribution in [0.15, 0.2) is 6.20 Å². The van der Waals surface area contributed by atoms with Crippen molar-refractivity contribution in [1.82, 2.24) is 9.97 Å². The number of rotatable bonds is 0. The maximum Gasteiger partial charge on any atom is 0.179 e. The lowest BCUT2D eigenvalue weighted by Gasteiger charge is -1.92. The summed E-state index contributed by atoms with van der Waals surface area (Å²) in [5, 5.41) is 16.8. The highest BCUT2D eigenvalue weighted by atomic mass is 14.9. The van der Waals surface area contributed by atoms with Crippen LogP contribution in [0.3, 0.4) is 0 Å². The van der Waals surface area contributed by atoms with Crippen molar-refractivity contribution in [2.24, 2.45) is 0 Å². The predicted octanol–water partition coefficient (Wildman–Crippen LogP) is -0.198. The number of hydrogen-bond acceptors (Lipinski definition) is 5. The Hall–Kier alpha value is -2.14. The van der Waals surface area contributed by atoms with Gasteiger partial charge in [-0.15, -0.1) is 0 Å². The van der Waals surface area contributed by atoms with Gasteiger partial charge in [-0.3, -0.25) is 0 Å². The molecule has 0 amide bonds. The highest BCUT2D eigenvalue weighted by Crippen LogP contribution is 2.01. The number of nitriles is 2. The first-order chi connectivity index (χ1) is 5.27. The predicted molar refractivity (Wildman–Crippen MR) is 35.9 cm³/mol. The average molecular weight is 145 g/mol. The van der Waals surface area contributed by atoms with Crippen LogP contribution >= 0.6 is 0 Å². The summed E-state index contributed by atoms with van der Waals surface area (Å²) in [5.41, 5.74) is 5.19. The largest absolute Gasteiger partial charge is 0.382 e. The monoisotopic (exact) mass is 145 g/mol. The van der Waals surface area contributed by atoms with Crippen LogP contribution in [0.4, 0.5) is 5.82 Å². The van der Waals surface area contributed by atoms with E-state index in [-0.39, 0.29) is 17.2 Å². The van der Waals surface area contributed by atoms with Crippen LogP contribution in [0.2, 0.25) is 0 Å². The molecule has 5 heteroatoms. The summed E-state index contributed by atoms with van der Waals surface area (Å²) in [5.74, 6) is 0.139. The SMILES string of the molecule is N#Cc1ncc(N)nc1C#N. The second-order valence-corrected chi connectivity index (χ2v) is 1.72. The first kappa shape index (κ1) is 6.97. The van der Waals surface area contributed by atoms with Crippen LogP contribution in [0.1, 0.15) is 11.4 Å². The van der Waals surface area contributed by atoms with Gasteiger partial charge in [-0.05, 0) is 0 Å². The Bertz CT molecular complexity index is 356. The lowest BCUT2D eigenvalue weighted by Crippen LogP contribution is -1.98. The molecule has 1 aromatic rings. The van der Waals surface area contributed by atoms with Gasteiger partial charge in [-0.1, -0.05) is 0 Å². The Balaban J connectivity index is 3.34. The van der Waals surface area contributed by atoms with E-state index in [2.05, 4.69) is 9.97 Å². The van der Waals surface area contributed by atoms with Crippen molar-refractivity contribution < 1.29 is 0 Å².